The average Bonchev–Trinajstić information content (AvgIpc) is 3.33. The second-order valence-corrected chi connectivity index (χ2v) is 10.1. The van der Waals surface area contributed by atoms with Crippen molar-refractivity contribution >= 4 is 45.2 Å². The van der Waals surface area contributed by atoms with Crippen molar-refractivity contribution < 1.29 is 0 Å². The number of halogens is 1. The molecule has 1 aromatic rings. The Bertz CT molecular complexity index is 645. The molecular formula is C21H29IN2S. The first-order valence-electron chi connectivity index (χ1n) is 10.0. The number of nitrogens with zero attached hydrogens (tertiary/aromatic N) is 2. The Morgan fingerprint density at radius 2 is 1.96 bits per heavy atom. The number of rotatable bonds is 4. The Kier molecular flexibility index (Phi) is 5.66. The smallest absolute Gasteiger partial charge is 0.165 e. The molecule has 1 aliphatic heterocycles. The molecule has 136 valence electrons. The molecule has 0 radical (unpaired) electrons. The van der Waals surface area contributed by atoms with Gasteiger partial charge < -0.3 is 4.90 Å². The van der Waals surface area contributed by atoms with Crippen LogP contribution >= 0.6 is 34.4 Å². The van der Waals surface area contributed by atoms with Crippen LogP contribution < -0.4 is 0 Å². The van der Waals surface area contributed by atoms with E-state index >= 15 is 0 Å². The van der Waals surface area contributed by atoms with Gasteiger partial charge in [-0.2, -0.15) is 0 Å². The van der Waals surface area contributed by atoms with Crippen molar-refractivity contribution in [2.45, 2.75) is 82.7 Å². The molecule has 4 rings (SSSR count). The number of aryl methyl sites for hydroxylation is 1. The molecule has 0 bridgehead atoms. The molecule has 3 aliphatic rings. The maximum absolute atomic E-state index is 5.26. The summed E-state index contributed by atoms with van der Waals surface area (Å²) < 4.78 is 1.32. The molecule has 0 atom stereocenters. The van der Waals surface area contributed by atoms with Crippen molar-refractivity contribution in [3.63, 3.8) is 0 Å². The fraction of sp³-hybridized carbons (Fsp3) is 0.667. The van der Waals surface area contributed by atoms with Crippen LogP contribution in [0.1, 0.15) is 70.3 Å². The van der Waals surface area contributed by atoms with Gasteiger partial charge in [-0.25, -0.2) is 4.99 Å². The molecule has 1 saturated heterocycles. The van der Waals surface area contributed by atoms with Crippen molar-refractivity contribution in [3.05, 3.63) is 27.3 Å². The first kappa shape index (κ1) is 18.1. The quantitative estimate of drug-likeness (QED) is 0.467. The Morgan fingerprint density at radius 1 is 1.20 bits per heavy atom. The maximum atomic E-state index is 5.26. The monoisotopic (exact) mass is 468 g/mol. The third kappa shape index (κ3) is 3.62. The minimum atomic E-state index is 0.423. The van der Waals surface area contributed by atoms with Gasteiger partial charge in [0.25, 0.3) is 0 Å². The molecule has 0 aromatic heterocycles. The zero-order valence-corrected chi connectivity index (χ0v) is 18.2. The number of benzene rings is 1. The first-order valence-corrected chi connectivity index (χ1v) is 12.1. The van der Waals surface area contributed by atoms with Gasteiger partial charge in [0.05, 0.1) is 11.2 Å². The number of thioether (sulfide) groups is 1. The fourth-order valence-electron chi connectivity index (χ4n) is 4.99. The lowest BCUT2D eigenvalue weighted by molar-refractivity contribution is 0.163. The Balaban J connectivity index is 1.69. The van der Waals surface area contributed by atoms with Crippen molar-refractivity contribution in [1.29, 1.82) is 0 Å². The van der Waals surface area contributed by atoms with Crippen LogP contribution in [0, 0.1) is 3.57 Å². The van der Waals surface area contributed by atoms with Crippen LogP contribution in [0.25, 0.3) is 0 Å². The highest BCUT2D eigenvalue weighted by atomic mass is 127. The summed E-state index contributed by atoms with van der Waals surface area (Å²) in [5.41, 5.74) is 3.05. The third-order valence-corrected chi connectivity index (χ3v) is 8.09. The highest BCUT2D eigenvalue weighted by Gasteiger charge is 2.49. The van der Waals surface area contributed by atoms with E-state index in [0.29, 0.717) is 5.54 Å². The van der Waals surface area contributed by atoms with Gasteiger partial charge in [0.2, 0.25) is 0 Å². The van der Waals surface area contributed by atoms with E-state index in [1.165, 1.54) is 83.5 Å². The molecule has 4 heteroatoms. The lowest BCUT2D eigenvalue weighted by atomic mass is 9.95. The predicted octanol–water partition coefficient (Wildman–Crippen LogP) is 6.54. The molecule has 1 heterocycles. The third-order valence-electron chi connectivity index (χ3n) is 6.19. The zero-order chi connectivity index (χ0) is 17.3. The number of aliphatic imine (C=N–C) groups is 1. The molecule has 2 nitrogen and oxygen atoms in total. The van der Waals surface area contributed by atoms with E-state index in [1.54, 1.807) is 0 Å². The Labute approximate surface area is 170 Å². The molecular weight excluding hydrogens is 439 g/mol. The predicted molar refractivity (Wildman–Crippen MR) is 118 cm³/mol. The number of amidine groups is 1. The van der Waals surface area contributed by atoms with E-state index < -0.39 is 0 Å². The van der Waals surface area contributed by atoms with Gasteiger partial charge in [-0.05, 0) is 78.5 Å². The van der Waals surface area contributed by atoms with Crippen molar-refractivity contribution in [1.82, 2.24) is 4.90 Å². The van der Waals surface area contributed by atoms with Crippen LogP contribution in [0.3, 0.4) is 0 Å². The number of hydrogen-bond acceptors (Lipinski definition) is 2. The number of hydrogen-bond donors (Lipinski definition) is 0. The van der Waals surface area contributed by atoms with Gasteiger partial charge in [0.1, 0.15) is 0 Å². The summed E-state index contributed by atoms with van der Waals surface area (Å²) in [7, 11) is 0. The summed E-state index contributed by atoms with van der Waals surface area (Å²) in [5, 5.41) is 1.33. The topological polar surface area (TPSA) is 15.6 Å². The lowest BCUT2D eigenvalue weighted by Gasteiger charge is -2.40. The zero-order valence-electron chi connectivity index (χ0n) is 15.3. The summed E-state index contributed by atoms with van der Waals surface area (Å²) >= 11 is 4.46. The molecule has 1 aromatic carbocycles. The van der Waals surface area contributed by atoms with Crippen LogP contribution in [0.5, 0.6) is 0 Å². The average molecular weight is 468 g/mol. The van der Waals surface area contributed by atoms with Crippen LogP contribution in [-0.4, -0.2) is 27.4 Å². The van der Waals surface area contributed by atoms with E-state index in [4.69, 9.17) is 4.99 Å². The Morgan fingerprint density at radius 3 is 2.68 bits per heavy atom. The molecule has 0 unspecified atom stereocenters. The SMILES string of the molecule is CCCc1cc(I)ccc1N=C1SCC2(CCCC2)N1C1CCCC1. The molecule has 0 amide bonds. The van der Waals surface area contributed by atoms with E-state index in [1.807, 2.05) is 11.8 Å². The fourth-order valence-corrected chi connectivity index (χ4v) is 7.01. The minimum Gasteiger partial charge on any atom is -0.342 e. The lowest BCUT2D eigenvalue weighted by Crippen LogP contribution is -2.50. The molecule has 2 saturated carbocycles. The molecule has 2 aliphatic carbocycles. The normalized spacial score (nSPS) is 24.9. The summed E-state index contributed by atoms with van der Waals surface area (Å²) in [4.78, 5) is 8.08. The highest BCUT2D eigenvalue weighted by molar-refractivity contribution is 14.1. The van der Waals surface area contributed by atoms with E-state index in [9.17, 15) is 0 Å². The van der Waals surface area contributed by atoms with Crippen LogP contribution in [0.2, 0.25) is 0 Å². The van der Waals surface area contributed by atoms with Crippen LogP contribution in [-0.2, 0) is 6.42 Å². The van der Waals surface area contributed by atoms with Crippen molar-refractivity contribution in [2.24, 2.45) is 4.99 Å². The van der Waals surface area contributed by atoms with Gasteiger partial charge >= 0.3 is 0 Å². The second kappa shape index (κ2) is 7.79. The summed E-state index contributed by atoms with van der Waals surface area (Å²) in [6, 6.07) is 7.52. The van der Waals surface area contributed by atoms with Gasteiger partial charge in [0.15, 0.2) is 5.17 Å². The van der Waals surface area contributed by atoms with Gasteiger partial charge in [0, 0.05) is 15.4 Å². The molecule has 3 fully saturated rings. The van der Waals surface area contributed by atoms with Crippen LogP contribution in [0.15, 0.2) is 23.2 Å². The molecule has 1 spiro atoms. The Hall–Kier alpha value is -0.230. The maximum Gasteiger partial charge on any atom is 0.165 e. The molecule has 25 heavy (non-hydrogen) atoms. The summed E-state index contributed by atoms with van der Waals surface area (Å²) in [5.74, 6) is 1.26. The van der Waals surface area contributed by atoms with Gasteiger partial charge in [-0.15, -0.1) is 0 Å². The summed E-state index contributed by atoms with van der Waals surface area (Å²) in [6.07, 6.45) is 13.4. The highest BCUT2D eigenvalue weighted by Crippen LogP contribution is 2.48. The molecule has 0 N–H and O–H groups in total. The minimum absolute atomic E-state index is 0.423. The first-order chi connectivity index (χ1) is 12.2. The summed E-state index contributed by atoms with van der Waals surface area (Å²) in [6.45, 7) is 2.26. The van der Waals surface area contributed by atoms with E-state index in [2.05, 4.69) is 52.6 Å². The van der Waals surface area contributed by atoms with E-state index in [-0.39, 0.29) is 0 Å². The standard InChI is InChI=1S/C21H29IN2S/c1-2-7-16-14-17(22)10-11-19(16)23-20-24(18-8-3-4-9-18)21(15-25-20)12-5-6-13-21/h10-11,14,18H,2-9,12-13,15H2,1H3. The van der Waals surface area contributed by atoms with Crippen molar-refractivity contribution in [3.8, 4) is 0 Å². The second-order valence-electron chi connectivity index (χ2n) is 7.95. The van der Waals surface area contributed by atoms with Crippen LogP contribution in [0.4, 0.5) is 5.69 Å². The largest absolute Gasteiger partial charge is 0.342 e. The van der Waals surface area contributed by atoms with Gasteiger partial charge in [-0.1, -0.05) is 50.8 Å². The van der Waals surface area contributed by atoms with E-state index in [0.717, 1.165) is 12.5 Å². The van der Waals surface area contributed by atoms with Gasteiger partial charge in [-0.3, -0.25) is 0 Å². The van der Waals surface area contributed by atoms with Crippen molar-refractivity contribution in [2.75, 3.05) is 5.75 Å².